The standard InChI is InChI=1S/C11H17I2N3O2/c12-10(17)8-1-4-16(7-8)11(18)15-5-2-9(14-13)3-6-15/h8-9,14H,1-7H2. The van der Waals surface area contributed by atoms with Crippen molar-refractivity contribution >= 4 is 55.3 Å². The van der Waals surface area contributed by atoms with Gasteiger partial charge < -0.3 is 9.80 Å². The van der Waals surface area contributed by atoms with E-state index in [1.807, 2.05) is 32.4 Å². The second-order valence-corrected chi connectivity index (χ2v) is 6.57. The third-order valence-electron chi connectivity index (χ3n) is 3.70. The Hall–Kier alpha value is 0.360. The molecule has 0 aliphatic carbocycles. The largest absolute Gasteiger partial charge is 0.325 e. The van der Waals surface area contributed by atoms with Gasteiger partial charge in [-0.1, -0.05) is 0 Å². The first-order valence-electron chi connectivity index (χ1n) is 6.21. The summed E-state index contributed by atoms with van der Waals surface area (Å²) in [6.07, 6.45) is 2.84. The maximum Gasteiger partial charge on any atom is 0.320 e. The minimum atomic E-state index is 0.0445. The monoisotopic (exact) mass is 477 g/mol. The van der Waals surface area contributed by atoms with Crippen LogP contribution in [-0.4, -0.2) is 51.8 Å². The Morgan fingerprint density at radius 1 is 1.06 bits per heavy atom. The lowest BCUT2D eigenvalue weighted by Crippen LogP contribution is -2.48. The van der Waals surface area contributed by atoms with Crippen molar-refractivity contribution < 1.29 is 9.59 Å². The summed E-state index contributed by atoms with van der Waals surface area (Å²) in [5.41, 5.74) is 0. The van der Waals surface area contributed by atoms with Crippen LogP contribution in [0.5, 0.6) is 0 Å². The van der Waals surface area contributed by atoms with Crippen LogP contribution in [0.15, 0.2) is 0 Å². The minimum Gasteiger partial charge on any atom is -0.325 e. The van der Waals surface area contributed by atoms with Gasteiger partial charge in [-0.25, -0.2) is 4.79 Å². The highest BCUT2D eigenvalue weighted by Gasteiger charge is 2.33. The number of carbonyl (C=O) groups is 2. The zero-order chi connectivity index (χ0) is 13.1. The molecular weight excluding hydrogens is 460 g/mol. The Morgan fingerprint density at radius 3 is 2.17 bits per heavy atom. The van der Waals surface area contributed by atoms with E-state index in [1.54, 1.807) is 0 Å². The highest BCUT2D eigenvalue weighted by Crippen LogP contribution is 2.22. The molecule has 0 bridgehead atoms. The molecule has 1 atom stereocenters. The van der Waals surface area contributed by atoms with Crippen LogP contribution in [0.2, 0.25) is 0 Å². The highest BCUT2D eigenvalue weighted by molar-refractivity contribution is 14.1. The fraction of sp³-hybridized carbons (Fsp3) is 0.818. The van der Waals surface area contributed by atoms with E-state index in [9.17, 15) is 9.59 Å². The van der Waals surface area contributed by atoms with Crippen molar-refractivity contribution in [1.82, 2.24) is 13.3 Å². The number of hydrogen-bond acceptors (Lipinski definition) is 3. The van der Waals surface area contributed by atoms with Gasteiger partial charge in [-0.2, -0.15) is 0 Å². The SMILES string of the molecule is O=C(I)C1CCN(C(=O)N2CCC(NI)CC2)C1. The number of hydrogen-bond donors (Lipinski definition) is 1. The Bertz CT molecular complexity index is 332. The van der Waals surface area contributed by atoms with Gasteiger partial charge in [0.2, 0.25) is 0 Å². The molecule has 7 heteroatoms. The van der Waals surface area contributed by atoms with E-state index in [0.717, 1.165) is 38.9 Å². The van der Waals surface area contributed by atoms with E-state index in [0.29, 0.717) is 12.6 Å². The van der Waals surface area contributed by atoms with Crippen LogP contribution in [0.4, 0.5) is 4.79 Å². The van der Waals surface area contributed by atoms with E-state index >= 15 is 0 Å². The summed E-state index contributed by atoms with van der Waals surface area (Å²) in [6.45, 7) is 2.96. The molecule has 0 aromatic rings. The van der Waals surface area contributed by atoms with Gasteiger partial charge in [0.05, 0.1) is 0 Å². The lowest BCUT2D eigenvalue weighted by Gasteiger charge is -2.34. The first-order chi connectivity index (χ1) is 8.61. The van der Waals surface area contributed by atoms with Crippen molar-refractivity contribution in [2.45, 2.75) is 25.3 Å². The maximum atomic E-state index is 12.3. The van der Waals surface area contributed by atoms with Gasteiger partial charge in [0, 0.05) is 61.0 Å². The number of rotatable bonds is 2. The number of piperidine rings is 1. The van der Waals surface area contributed by atoms with E-state index in [2.05, 4.69) is 26.4 Å². The second kappa shape index (κ2) is 6.69. The number of urea groups is 1. The van der Waals surface area contributed by atoms with Gasteiger partial charge in [0.25, 0.3) is 0 Å². The molecular formula is C11H17I2N3O2. The first-order valence-corrected chi connectivity index (χ1v) is 8.37. The van der Waals surface area contributed by atoms with Gasteiger partial charge in [-0.3, -0.25) is 8.32 Å². The number of nitrogens with one attached hydrogen (secondary N) is 1. The zero-order valence-electron chi connectivity index (χ0n) is 10.1. The summed E-state index contributed by atoms with van der Waals surface area (Å²) in [4.78, 5) is 27.3. The van der Waals surface area contributed by atoms with Gasteiger partial charge in [0.15, 0.2) is 3.79 Å². The quantitative estimate of drug-likeness (QED) is 0.375. The molecule has 5 nitrogen and oxygen atoms in total. The summed E-state index contributed by atoms with van der Waals surface area (Å²) >= 11 is 4.02. The molecule has 2 saturated heterocycles. The van der Waals surface area contributed by atoms with Crippen molar-refractivity contribution in [2.24, 2.45) is 5.92 Å². The van der Waals surface area contributed by atoms with Crippen molar-refractivity contribution in [3.8, 4) is 0 Å². The molecule has 0 spiro atoms. The molecule has 0 aromatic carbocycles. The third kappa shape index (κ3) is 3.47. The lowest BCUT2D eigenvalue weighted by atomic mass is 10.1. The smallest absolute Gasteiger partial charge is 0.320 e. The molecule has 2 amide bonds. The Labute approximate surface area is 135 Å². The van der Waals surface area contributed by atoms with E-state index in [1.165, 1.54) is 0 Å². The molecule has 18 heavy (non-hydrogen) atoms. The molecule has 1 N–H and O–H groups in total. The van der Waals surface area contributed by atoms with E-state index < -0.39 is 0 Å². The van der Waals surface area contributed by atoms with Crippen LogP contribution in [0, 0.1) is 5.92 Å². The molecule has 2 fully saturated rings. The van der Waals surface area contributed by atoms with Crippen molar-refractivity contribution in [3.05, 3.63) is 0 Å². The Balaban J connectivity index is 1.84. The summed E-state index contributed by atoms with van der Waals surface area (Å²) in [6, 6.07) is 0.638. The molecule has 2 heterocycles. The average Bonchev–Trinajstić information content (AvgIpc) is 2.88. The molecule has 102 valence electrons. The third-order valence-corrected chi connectivity index (χ3v) is 5.46. The van der Waals surface area contributed by atoms with Crippen molar-refractivity contribution in [3.63, 3.8) is 0 Å². The summed E-state index contributed by atoms with van der Waals surface area (Å²) < 4.78 is 3.40. The average molecular weight is 477 g/mol. The normalized spacial score (nSPS) is 25.6. The fourth-order valence-corrected chi connectivity index (χ4v) is 3.63. The van der Waals surface area contributed by atoms with Crippen molar-refractivity contribution in [2.75, 3.05) is 26.2 Å². The van der Waals surface area contributed by atoms with Crippen LogP contribution in [0.1, 0.15) is 19.3 Å². The summed E-state index contributed by atoms with van der Waals surface area (Å²) in [5.74, 6) is 0.0445. The highest BCUT2D eigenvalue weighted by atomic mass is 127. The Kier molecular flexibility index (Phi) is 5.48. The minimum absolute atomic E-state index is 0.0445. The maximum absolute atomic E-state index is 12.3. The molecule has 0 saturated carbocycles. The predicted molar refractivity (Wildman–Crippen MR) is 85.9 cm³/mol. The van der Waals surface area contributed by atoms with Crippen LogP contribution in [0.25, 0.3) is 0 Å². The molecule has 2 rings (SSSR count). The van der Waals surface area contributed by atoms with Crippen molar-refractivity contribution in [1.29, 1.82) is 0 Å². The van der Waals surface area contributed by atoms with Gasteiger partial charge in [0.1, 0.15) is 0 Å². The molecule has 0 aromatic heterocycles. The second-order valence-electron chi connectivity index (χ2n) is 4.89. The van der Waals surface area contributed by atoms with Crippen LogP contribution in [-0.2, 0) is 4.79 Å². The van der Waals surface area contributed by atoms with Gasteiger partial charge in [-0.15, -0.1) is 0 Å². The molecule has 0 radical (unpaired) electrons. The van der Waals surface area contributed by atoms with E-state index in [-0.39, 0.29) is 15.7 Å². The number of halogens is 2. The van der Waals surface area contributed by atoms with Gasteiger partial charge in [-0.05, 0) is 41.9 Å². The first kappa shape index (κ1) is 14.8. The van der Waals surface area contributed by atoms with Crippen LogP contribution in [0.3, 0.4) is 0 Å². The van der Waals surface area contributed by atoms with E-state index in [4.69, 9.17) is 0 Å². The number of nitrogens with zero attached hydrogens (tertiary/aromatic N) is 2. The number of carbonyl (C=O) groups excluding carboxylic acids is 2. The molecule has 1 unspecified atom stereocenters. The molecule has 2 aliphatic rings. The summed E-state index contributed by atoms with van der Waals surface area (Å²) in [7, 11) is 0. The topological polar surface area (TPSA) is 52.7 Å². The van der Waals surface area contributed by atoms with Crippen LogP contribution >= 0.6 is 45.5 Å². The number of likely N-dealkylation sites (tertiary alicyclic amines) is 2. The summed E-state index contributed by atoms with van der Waals surface area (Å²) in [5, 5.41) is 0. The van der Waals surface area contributed by atoms with Gasteiger partial charge >= 0.3 is 6.03 Å². The zero-order valence-corrected chi connectivity index (χ0v) is 14.4. The lowest BCUT2D eigenvalue weighted by molar-refractivity contribution is -0.112. The molecule has 2 aliphatic heterocycles. The predicted octanol–water partition coefficient (Wildman–Crippen LogP) is 1.79. The fourth-order valence-electron chi connectivity index (χ4n) is 2.50. The van der Waals surface area contributed by atoms with Crippen LogP contribution < -0.4 is 3.53 Å². The Morgan fingerprint density at radius 2 is 1.67 bits per heavy atom. The number of amides is 2.